The molecule has 0 saturated heterocycles. The summed E-state index contributed by atoms with van der Waals surface area (Å²) in [5.74, 6) is -3.66. The molecule has 1 rings (SSSR count). The highest BCUT2D eigenvalue weighted by Gasteiger charge is 2.33. The number of esters is 1. The van der Waals surface area contributed by atoms with E-state index < -0.39 is 29.5 Å². The van der Waals surface area contributed by atoms with Crippen LogP contribution in [0.25, 0.3) is 0 Å². The van der Waals surface area contributed by atoms with E-state index in [4.69, 9.17) is 4.74 Å². The molecule has 1 aromatic heterocycles. The van der Waals surface area contributed by atoms with E-state index in [-0.39, 0.29) is 0 Å². The zero-order valence-electron chi connectivity index (χ0n) is 12.0. The Kier molecular flexibility index (Phi) is 5.21. The molecule has 0 unspecified atom stereocenters. The maximum absolute atomic E-state index is 11.9. The highest BCUT2D eigenvalue weighted by atomic mass is 16.6. The number of rotatable bonds is 5. The summed E-state index contributed by atoms with van der Waals surface area (Å²) >= 11 is 0. The number of aliphatic carboxylic acids is 1. The summed E-state index contributed by atoms with van der Waals surface area (Å²) in [6.45, 7) is 5.04. The largest absolute Gasteiger partial charge is 0.549 e. The van der Waals surface area contributed by atoms with Gasteiger partial charge in [0.15, 0.2) is 0 Å². The van der Waals surface area contributed by atoms with Crippen LogP contribution in [0.5, 0.6) is 0 Å². The first-order valence-electron chi connectivity index (χ1n) is 6.36. The Hall–Kier alpha value is -1.95. The second-order valence-corrected chi connectivity index (χ2v) is 5.65. The van der Waals surface area contributed by atoms with E-state index in [2.05, 4.69) is 10.7 Å². The van der Waals surface area contributed by atoms with Gasteiger partial charge in [-0.2, -0.15) is 0 Å². The maximum atomic E-state index is 11.9. The third-order valence-electron chi connectivity index (χ3n) is 2.63. The molecule has 3 N–H and O–H groups in total. The van der Waals surface area contributed by atoms with Crippen molar-refractivity contribution in [3.05, 3.63) is 30.1 Å². The average molecular weight is 280 g/mol. The first-order chi connectivity index (χ1) is 9.20. The number of carbonyl (C=O) groups is 2. The van der Waals surface area contributed by atoms with Crippen molar-refractivity contribution in [2.24, 2.45) is 5.92 Å². The van der Waals surface area contributed by atoms with Crippen molar-refractivity contribution in [3.8, 4) is 0 Å². The van der Waals surface area contributed by atoms with E-state index in [9.17, 15) is 14.7 Å². The molecule has 1 heterocycles. The minimum absolute atomic E-state index is 0.334. The molecule has 0 aliphatic heterocycles. The van der Waals surface area contributed by atoms with Gasteiger partial charge in [0.1, 0.15) is 17.6 Å². The normalized spacial score (nSPS) is 14.4. The highest BCUT2D eigenvalue weighted by Crippen LogP contribution is 2.14. The fourth-order valence-electron chi connectivity index (χ4n) is 1.79. The molecule has 0 saturated carbocycles. The van der Waals surface area contributed by atoms with Crippen molar-refractivity contribution in [1.29, 1.82) is 0 Å². The Balaban J connectivity index is 2.80. The molecule has 6 nitrogen and oxygen atoms in total. The minimum atomic E-state index is -1.46. The lowest BCUT2D eigenvalue weighted by Gasteiger charge is -2.26. The lowest BCUT2D eigenvalue weighted by Crippen LogP contribution is -2.69. The van der Waals surface area contributed by atoms with Crippen molar-refractivity contribution in [3.63, 3.8) is 0 Å². The molecule has 0 radical (unpaired) electrons. The monoisotopic (exact) mass is 280 g/mol. The number of hydrogen-bond acceptors (Lipinski definition) is 5. The summed E-state index contributed by atoms with van der Waals surface area (Å²) in [4.78, 5) is 27.0. The SMILES string of the molecule is CC(C)(C)OC(=O)[C@@H](C(=O)[O-])[C@@H]([NH3+])Cc1ccncc1. The van der Waals surface area contributed by atoms with Crippen molar-refractivity contribution in [2.75, 3.05) is 0 Å². The van der Waals surface area contributed by atoms with Crippen LogP contribution in [0.2, 0.25) is 0 Å². The molecule has 6 heteroatoms. The molecule has 1 aromatic rings. The van der Waals surface area contributed by atoms with Crippen molar-refractivity contribution in [1.82, 2.24) is 4.98 Å². The van der Waals surface area contributed by atoms with Crippen molar-refractivity contribution in [2.45, 2.75) is 38.8 Å². The molecule has 0 aliphatic carbocycles. The molecule has 0 fully saturated rings. The summed E-state index contributed by atoms with van der Waals surface area (Å²) in [6.07, 6.45) is 3.54. The molecule has 0 bridgehead atoms. The van der Waals surface area contributed by atoms with E-state index in [1.54, 1.807) is 45.3 Å². The van der Waals surface area contributed by atoms with Crippen LogP contribution in [0.4, 0.5) is 0 Å². The molecule has 0 amide bonds. The number of ether oxygens (including phenoxy) is 1. The molecular formula is C14H20N2O4. The van der Waals surface area contributed by atoms with Gasteiger partial charge in [0.25, 0.3) is 0 Å². The number of aromatic nitrogens is 1. The zero-order valence-corrected chi connectivity index (χ0v) is 12.0. The van der Waals surface area contributed by atoms with E-state index in [0.717, 1.165) is 5.56 Å². The molecule has 0 aliphatic rings. The Labute approximate surface area is 118 Å². The summed E-state index contributed by atoms with van der Waals surface area (Å²) < 4.78 is 5.11. The zero-order chi connectivity index (χ0) is 15.3. The van der Waals surface area contributed by atoms with Crippen molar-refractivity contribution >= 4 is 11.9 Å². The van der Waals surface area contributed by atoms with E-state index in [1.807, 2.05) is 0 Å². The average Bonchev–Trinajstić information content (AvgIpc) is 2.26. The van der Waals surface area contributed by atoms with Gasteiger partial charge < -0.3 is 20.4 Å². The van der Waals surface area contributed by atoms with Gasteiger partial charge in [0, 0.05) is 18.8 Å². The van der Waals surface area contributed by atoms with Gasteiger partial charge in [-0.05, 0) is 38.5 Å². The molecular weight excluding hydrogens is 260 g/mol. The number of carboxylic acid groups (broad SMARTS) is 1. The van der Waals surface area contributed by atoms with E-state index in [1.165, 1.54) is 0 Å². The Bertz CT molecular complexity index is 468. The van der Waals surface area contributed by atoms with Crippen LogP contribution in [0, 0.1) is 5.92 Å². The van der Waals surface area contributed by atoms with Gasteiger partial charge in [-0.15, -0.1) is 0 Å². The highest BCUT2D eigenvalue weighted by molar-refractivity contribution is 5.93. The fourth-order valence-corrected chi connectivity index (χ4v) is 1.79. The summed E-state index contributed by atoms with van der Waals surface area (Å²) in [7, 11) is 0. The second kappa shape index (κ2) is 6.47. The van der Waals surface area contributed by atoms with Gasteiger partial charge in [-0.25, -0.2) is 0 Å². The molecule has 110 valence electrons. The lowest BCUT2D eigenvalue weighted by atomic mass is 9.94. The van der Waals surface area contributed by atoms with E-state index in [0.29, 0.717) is 6.42 Å². The first-order valence-corrected chi connectivity index (χ1v) is 6.36. The third kappa shape index (κ3) is 4.97. The van der Waals surface area contributed by atoms with Gasteiger partial charge in [-0.1, -0.05) is 0 Å². The summed E-state index contributed by atoms with van der Waals surface area (Å²) in [5.41, 5.74) is 3.87. The van der Waals surface area contributed by atoms with Crippen LogP contribution in [0.1, 0.15) is 26.3 Å². The van der Waals surface area contributed by atoms with Crippen LogP contribution in [0.15, 0.2) is 24.5 Å². The molecule has 0 spiro atoms. The number of pyridine rings is 1. The summed E-state index contributed by atoms with van der Waals surface area (Å²) in [6, 6.07) is 2.83. The van der Waals surface area contributed by atoms with Crippen LogP contribution in [-0.2, 0) is 20.7 Å². The first kappa shape index (κ1) is 16.1. The predicted octanol–water partition coefficient (Wildman–Crippen LogP) is -1.06. The number of carbonyl (C=O) groups excluding carboxylic acids is 2. The van der Waals surface area contributed by atoms with Crippen LogP contribution >= 0.6 is 0 Å². The predicted molar refractivity (Wildman–Crippen MR) is 69.0 cm³/mol. The van der Waals surface area contributed by atoms with E-state index >= 15 is 0 Å². The standard InChI is InChI=1S/C14H20N2O4/c1-14(2,3)20-13(19)11(12(17)18)10(15)8-9-4-6-16-7-5-9/h4-7,10-11H,8,15H2,1-3H3,(H,17,18)/t10-,11+/m0/s1. The summed E-state index contributed by atoms with van der Waals surface area (Å²) in [5, 5.41) is 11.2. The van der Waals surface area contributed by atoms with Gasteiger partial charge in [0.2, 0.25) is 0 Å². The van der Waals surface area contributed by atoms with Crippen LogP contribution in [0.3, 0.4) is 0 Å². The Morgan fingerprint density at radius 2 is 1.90 bits per heavy atom. The molecule has 2 atom stereocenters. The lowest BCUT2D eigenvalue weighted by molar-refractivity contribution is -0.433. The fraction of sp³-hybridized carbons (Fsp3) is 0.500. The second-order valence-electron chi connectivity index (χ2n) is 5.65. The van der Waals surface area contributed by atoms with Gasteiger partial charge in [-0.3, -0.25) is 9.78 Å². The number of nitrogens with zero attached hydrogens (tertiary/aromatic N) is 1. The van der Waals surface area contributed by atoms with Crippen LogP contribution < -0.4 is 10.8 Å². The maximum Gasteiger partial charge on any atom is 0.321 e. The van der Waals surface area contributed by atoms with Crippen LogP contribution in [-0.4, -0.2) is 28.6 Å². The smallest absolute Gasteiger partial charge is 0.321 e. The Morgan fingerprint density at radius 1 is 1.35 bits per heavy atom. The number of quaternary nitrogens is 1. The molecule has 20 heavy (non-hydrogen) atoms. The topological polar surface area (TPSA) is 107 Å². The number of carboxylic acids is 1. The number of hydrogen-bond donors (Lipinski definition) is 1. The third-order valence-corrected chi connectivity index (χ3v) is 2.63. The molecule has 0 aromatic carbocycles. The minimum Gasteiger partial charge on any atom is -0.549 e. The quantitative estimate of drug-likeness (QED) is 0.546. The Morgan fingerprint density at radius 3 is 2.35 bits per heavy atom. The van der Waals surface area contributed by atoms with Gasteiger partial charge in [0.05, 0.1) is 5.97 Å². The van der Waals surface area contributed by atoms with Gasteiger partial charge >= 0.3 is 5.97 Å². The van der Waals surface area contributed by atoms with Crippen molar-refractivity contribution < 1.29 is 25.2 Å².